The van der Waals surface area contributed by atoms with Crippen molar-refractivity contribution in [2.45, 2.75) is 23.4 Å². The van der Waals surface area contributed by atoms with Gasteiger partial charge in [-0.1, -0.05) is 36.4 Å². The van der Waals surface area contributed by atoms with E-state index >= 15 is 0 Å². The maximum Gasteiger partial charge on any atom is 0.323 e. The Kier molecular flexibility index (Phi) is 5.82. The Morgan fingerprint density at radius 1 is 1.03 bits per heavy atom. The van der Waals surface area contributed by atoms with Crippen LogP contribution in [0.15, 0.2) is 77.7 Å². The molecule has 0 aliphatic carbocycles. The molecule has 0 spiro atoms. The van der Waals surface area contributed by atoms with Crippen molar-refractivity contribution in [3.8, 4) is 0 Å². The monoisotopic (exact) mass is 493 g/mol. The lowest BCUT2D eigenvalue weighted by molar-refractivity contribution is -0.143. The number of carbonyl (C=O) groups is 1. The van der Waals surface area contributed by atoms with E-state index in [0.717, 1.165) is 16.8 Å². The number of sulfonamides is 1. The van der Waals surface area contributed by atoms with Crippen molar-refractivity contribution in [1.29, 1.82) is 0 Å². The molecule has 180 valence electrons. The quantitative estimate of drug-likeness (QED) is 0.412. The molecule has 0 saturated carbocycles. The third-order valence-corrected chi connectivity index (χ3v) is 8.25. The number of halogens is 1. The fraction of sp³-hybridized carbons (Fsp3) is 0.192. The SMILES string of the molecule is COC(=O)C1Cc2c([nH]c3cccc(F)c23)C(c2ccc(N(C)S(=O)(=O)c3ccccc3)cc2)N1. The molecule has 1 aliphatic rings. The number of nitrogens with zero attached hydrogens (tertiary/aromatic N) is 1. The largest absolute Gasteiger partial charge is 0.468 e. The molecule has 1 aliphatic heterocycles. The van der Waals surface area contributed by atoms with Crippen molar-refractivity contribution in [1.82, 2.24) is 10.3 Å². The molecule has 0 bridgehead atoms. The molecule has 9 heteroatoms. The first-order valence-corrected chi connectivity index (χ1v) is 12.5. The Balaban J connectivity index is 1.53. The molecule has 2 unspecified atom stereocenters. The Hall–Kier alpha value is -3.69. The molecule has 2 heterocycles. The molecule has 0 amide bonds. The number of aromatic amines is 1. The van der Waals surface area contributed by atoms with Crippen LogP contribution in [0.1, 0.15) is 22.9 Å². The summed E-state index contributed by atoms with van der Waals surface area (Å²) in [6.45, 7) is 0. The number of ether oxygens (including phenoxy) is 1. The molecule has 0 fully saturated rings. The van der Waals surface area contributed by atoms with Gasteiger partial charge in [0.25, 0.3) is 10.0 Å². The Morgan fingerprint density at radius 3 is 2.43 bits per heavy atom. The van der Waals surface area contributed by atoms with Crippen LogP contribution in [0.3, 0.4) is 0 Å². The van der Waals surface area contributed by atoms with Crippen LogP contribution in [0.2, 0.25) is 0 Å². The highest BCUT2D eigenvalue weighted by Crippen LogP contribution is 2.37. The molecule has 0 saturated heterocycles. The van der Waals surface area contributed by atoms with Gasteiger partial charge in [-0.25, -0.2) is 12.8 Å². The number of rotatable bonds is 5. The number of fused-ring (bicyclic) bond motifs is 3. The van der Waals surface area contributed by atoms with Crippen molar-refractivity contribution in [3.05, 3.63) is 95.4 Å². The number of methoxy groups -OCH3 is 1. The molecule has 2 atom stereocenters. The van der Waals surface area contributed by atoms with Gasteiger partial charge in [-0.2, -0.15) is 0 Å². The minimum absolute atomic E-state index is 0.200. The van der Waals surface area contributed by atoms with Crippen molar-refractivity contribution in [2.24, 2.45) is 0 Å². The van der Waals surface area contributed by atoms with E-state index in [2.05, 4.69) is 10.3 Å². The van der Waals surface area contributed by atoms with Gasteiger partial charge >= 0.3 is 5.97 Å². The van der Waals surface area contributed by atoms with Gasteiger partial charge in [0.15, 0.2) is 0 Å². The van der Waals surface area contributed by atoms with Crippen molar-refractivity contribution in [2.75, 3.05) is 18.5 Å². The first kappa shape index (κ1) is 23.1. The third kappa shape index (κ3) is 3.96. The summed E-state index contributed by atoms with van der Waals surface area (Å²) in [4.78, 5) is 15.9. The van der Waals surface area contributed by atoms with Crippen molar-refractivity contribution < 1.29 is 22.3 Å². The fourth-order valence-corrected chi connectivity index (χ4v) is 5.84. The predicted octanol–water partition coefficient (Wildman–Crippen LogP) is 3.91. The van der Waals surface area contributed by atoms with Crippen LogP contribution in [0.5, 0.6) is 0 Å². The lowest BCUT2D eigenvalue weighted by Gasteiger charge is -2.30. The summed E-state index contributed by atoms with van der Waals surface area (Å²) in [7, 11) is -0.892. The fourth-order valence-electron chi connectivity index (χ4n) is 4.62. The molecule has 5 rings (SSSR count). The van der Waals surface area contributed by atoms with E-state index in [4.69, 9.17) is 4.74 Å². The summed E-state index contributed by atoms with van der Waals surface area (Å²) in [5.41, 5.74) is 3.42. The summed E-state index contributed by atoms with van der Waals surface area (Å²) in [5.74, 6) is -0.788. The molecular formula is C26H24FN3O4S. The van der Waals surface area contributed by atoms with Gasteiger partial charge in [0, 0.05) is 30.1 Å². The molecule has 0 radical (unpaired) electrons. The van der Waals surface area contributed by atoms with E-state index in [0.29, 0.717) is 16.6 Å². The summed E-state index contributed by atoms with van der Waals surface area (Å²) in [5, 5.41) is 3.77. The summed E-state index contributed by atoms with van der Waals surface area (Å²) in [6.07, 6.45) is 0.287. The number of nitrogens with one attached hydrogen (secondary N) is 2. The molecule has 35 heavy (non-hydrogen) atoms. The summed E-state index contributed by atoms with van der Waals surface area (Å²) >= 11 is 0. The Morgan fingerprint density at radius 2 is 1.74 bits per heavy atom. The second-order valence-corrected chi connectivity index (χ2v) is 10.4. The van der Waals surface area contributed by atoms with Crippen LogP contribution in [-0.2, 0) is 26.0 Å². The van der Waals surface area contributed by atoms with Crippen LogP contribution in [0, 0.1) is 5.82 Å². The number of anilines is 1. The van der Waals surface area contributed by atoms with E-state index in [1.807, 2.05) is 0 Å². The Bertz CT molecular complexity index is 1500. The molecule has 3 aromatic carbocycles. The van der Waals surface area contributed by atoms with E-state index in [9.17, 15) is 17.6 Å². The summed E-state index contributed by atoms with van der Waals surface area (Å²) in [6, 6.07) is 19.0. The van der Waals surface area contributed by atoms with E-state index in [-0.39, 0.29) is 17.1 Å². The van der Waals surface area contributed by atoms with Gasteiger partial charge in [-0.05, 0) is 47.5 Å². The second kappa shape index (κ2) is 8.83. The molecular weight excluding hydrogens is 469 g/mol. The molecule has 7 nitrogen and oxygen atoms in total. The number of esters is 1. The first-order valence-electron chi connectivity index (χ1n) is 11.1. The predicted molar refractivity (Wildman–Crippen MR) is 131 cm³/mol. The lowest BCUT2D eigenvalue weighted by Crippen LogP contribution is -2.45. The molecule has 2 N–H and O–H groups in total. The average Bonchev–Trinajstić information content (AvgIpc) is 3.27. The zero-order valence-electron chi connectivity index (χ0n) is 19.2. The highest BCUT2D eigenvalue weighted by molar-refractivity contribution is 7.92. The first-order chi connectivity index (χ1) is 16.8. The number of hydrogen-bond acceptors (Lipinski definition) is 5. The lowest BCUT2D eigenvalue weighted by atomic mass is 9.90. The maximum absolute atomic E-state index is 14.7. The van der Waals surface area contributed by atoms with Gasteiger partial charge in [-0.15, -0.1) is 0 Å². The Labute approximate surface area is 202 Å². The normalized spacial score (nSPS) is 17.7. The smallest absolute Gasteiger partial charge is 0.323 e. The topological polar surface area (TPSA) is 91.5 Å². The van der Waals surface area contributed by atoms with Crippen LogP contribution in [0.25, 0.3) is 10.9 Å². The molecule has 1 aromatic heterocycles. The van der Waals surface area contributed by atoms with Gasteiger partial charge in [0.2, 0.25) is 0 Å². The van der Waals surface area contributed by atoms with Crippen molar-refractivity contribution in [3.63, 3.8) is 0 Å². The third-order valence-electron chi connectivity index (χ3n) is 6.45. The highest BCUT2D eigenvalue weighted by atomic mass is 32.2. The second-order valence-electron chi connectivity index (χ2n) is 8.44. The standard InChI is InChI=1S/C26H24FN3O4S/c1-30(35(32,33)18-7-4-3-5-8-18)17-13-11-16(12-14-17)24-25-19(15-22(29-24)26(31)34-2)23-20(27)9-6-10-21(23)28-25/h3-14,22,24,28-29H,15H2,1-2H3. The van der Waals surface area contributed by atoms with Gasteiger partial charge in [-0.3, -0.25) is 14.4 Å². The zero-order chi connectivity index (χ0) is 24.7. The number of H-pyrrole nitrogens is 1. The van der Waals surface area contributed by atoms with E-state index in [1.165, 1.54) is 24.5 Å². The van der Waals surface area contributed by atoms with E-state index < -0.39 is 28.1 Å². The van der Waals surface area contributed by atoms with Crippen molar-refractivity contribution >= 4 is 32.6 Å². The zero-order valence-corrected chi connectivity index (χ0v) is 20.0. The van der Waals surface area contributed by atoms with Gasteiger partial charge in [0.1, 0.15) is 11.9 Å². The molecule has 4 aromatic rings. The highest BCUT2D eigenvalue weighted by Gasteiger charge is 2.35. The van der Waals surface area contributed by atoms with Gasteiger partial charge in [0.05, 0.1) is 23.7 Å². The number of hydrogen-bond donors (Lipinski definition) is 2. The van der Waals surface area contributed by atoms with Crippen LogP contribution >= 0.6 is 0 Å². The minimum Gasteiger partial charge on any atom is -0.468 e. The number of aromatic nitrogens is 1. The van der Waals surface area contributed by atoms with E-state index in [1.54, 1.807) is 66.7 Å². The number of carbonyl (C=O) groups excluding carboxylic acids is 1. The van der Waals surface area contributed by atoms with Crippen LogP contribution in [-0.4, -0.2) is 39.6 Å². The van der Waals surface area contributed by atoms with Crippen LogP contribution < -0.4 is 9.62 Å². The number of benzene rings is 3. The summed E-state index contributed by atoms with van der Waals surface area (Å²) < 4.78 is 46.9. The maximum atomic E-state index is 14.7. The van der Waals surface area contributed by atoms with Gasteiger partial charge < -0.3 is 9.72 Å². The van der Waals surface area contributed by atoms with Crippen LogP contribution in [0.4, 0.5) is 10.1 Å². The minimum atomic E-state index is -3.72. The average molecular weight is 494 g/mol.